The molecule has 0 saturated heterocycles. The number of halogens is 2. The summed E-state index contributed by atoms with van der Waals surface area (Å²) in [6.07, 6.45) is 2.77. The quantitative estimate of drug-likeness (QED) is 0.824. The first-order valence-corrected chi connectivity index (χ1v) is 7.75. The normalized spacial score (nSPS) is 13.3. The summed E-state index contributed by atoms with van der Waals surface area (Å²) < 4.78 is 57.4. The van der Waals surface area contributed by atoms with Crippen LogP contribution < -0.4 is 9.46 Å². The van der Waals surface area contributed by atoms with Gasteiger partial charge in [-0.1, -0.05) is 12.1 Å². The molecule has 0 unspecified atom stereocenters. The molecule has 7 nitrogen and oxygen atoms in total. The number of alkyl halides is 2. The Balaban J connectivity index is 2.16. The van der Waals surface area contributed by atoms with Crippen LogP contribution in [0.1, 0.15) is 6.92 Å². The number of nitrogens with one attached hydrogen (secondary N) is 1. The first kappa shape index (κ1) is 16.3. The highest BCUT2D eigenvalue weighted by Crippen LogP contribution is 2.25. The molecule has 0 aliphatic carbocycles. The Hall–Kier alpha value is -2.07. The van der Waals surface area contributed by atoms with Crippen LogP contribution in [-0.4, -0.2) is 35.8 Å². The zero-order chi connectivity index (χ0) is 16.2. The van der Waals surface area contributed by atoms with Crippen LogP contribution in [0.25, 0.3) is 0 Å². The summed E-state index contributed by atoms with van der Waals surface area (Å²) >= 11 is 0. The number of rotatable bonds is 7. The van der Waals surface area contributed by atoms with E-state index in [4.69, 9.17) is 0 Å². The van der Waals surface area contributed by atoms with Gasteiger partial charge in [0.25, 0.3) is 0 Å². The van der Waals surface area contributed by atoms with Gasteiger partial charge in [0, 0.05) is 6.04 Å². The van der Waals surface area contributed by atoms with Crippen molar-refractivity contribution in [1.82, 2.24) is 19.5 Å². The second kappa shape index (κ2) is 6.79. The molecule has 1 N–H and O–H groups in total. The fourth-order valence-corrected chi connectivity index (χ4v) is 3.21. The van der Waals surface area contributed by atoms with Gasteiger partial charge in [0.05, 0.1) is 6.54 Å². The fourth-order valence-electron chi connectivity index (χ4n) is 1.84. The van der Waals surface area contributed by atoms with Crippen molar-refractivity contribution in [3.05, 3.63) is 36.9 Å². The van der Waals surface area contributed by atoms with Crippen molar-refractivity contribution < 1.29 is 21.9 Å². The van der Waals surface area contributed by atoms with Crippen LogP contribution in [0.4, 0.5) is 8.78 Å². The Kier molecular flexibility index (Phi) is 5.03. The molecule has 0 radical (unpaired) electrons. The molecule has 22 heavy (non-hydrogen) atoms. The van der Waals surface area contributed by atoms with Crippen molar-refractivity contribution in [3.8, 4) is 5.75 Å². The number of para-hydroxylation sites is 1. The predicted molar refractivity (Wildman–Crippen MR) is 72.9 cm³/mol. The molecule has 1 aromatic carbocycles. The number of nitrogens with zero attached hydrogens (tertiary/aromatic N) is 3. The van der Waals surface area contributed by atoms with Crippen molar-refractivity contribution in [2.45, 2.75) is 31.0 Å². The van der Waals surface area contributed by atoms with E-state index in [1.165, 1.54) is 41.6 Å². The first-order chi connectivity index (χ1) is 10.4. The van der Waals surface area contributed by atoms with Gasteiger partial charge < -0.3 is 4.74 Å². The van der Waals surface area contributed by atoms with Gasteiger partial charge in [0.1, 0.15) is 23.3 Å². The monoisotopic (exact) mass is 332 g/mol. The minimum absolute atomic E-state index is 0.247. The van der Waals surface area contributed by atoms with E-state index < -0.39 is 28.4 Å². The summed E-state index contributed by atoms with van der Waals surface area (Å²) in [4.78, 5) is 3.40. The van der Waals surface area contributed by atoms with E-state index in [-0.39, 0.29) is 11.4 Å². The third kappa shape index (κ3) is 4.21. The van der Waals surface area contributed by atoms with Crippen molar-refractivity contribution >= 4 is 10.0 Å². The van der Waals surface area contributed by atoms with Crippen molar-refractivity contribution in [1.29, 1.82) is 0 Å². The molecule has 1 heterocycles. The van der Waals surface area contributed by atoms with Crippen LogP contribution in [-0.2, 0) is 16.6 Å². The molecule has 10 heteroatoms. The zero-order valence-electron chi connectivity index (χ0n) is 11.6. The van der Waals surface area contributed by atoms with E-state index in [9.17, 15) is 17.2 Å². The lowest BCUT2D eigenvalue weighted by molar-refractivity contribution is -0.0517. The molecule has 1 aromatic heterocycles. The van der Waals surface area contributed by atoms with Gasteiger partial charge in [0.15, 0.2) is 0 Å². The Labute approximate surface area is 126 Å². The lowest BCUT2D eigenvalue weighted by Crippen LogP contribution is -2.36. The molecular formula is C12H14F2N4O3S. The minimum atomic E-state index is -4.01. The molecule has 0 fully saturated rings. The number of ether oxygens (including phenoxy) is 1. The molecule has 0 aliphatic rings. The van der Waals surface area contributed by atoms with Crippen LogP contribution in [0.5, 0.6) is 5.75 Å². The number of sulfonamides is 1. The summed E-state index contributed by atoms with van der Waals surface area (Å²) in [5.74, 6) is -0.405. The SMILES string of the molecule is C[C@H](Cn1cncn1)NS(=O)(=O)c1ccccc1OC(F)F. The van der Waals surface area contributed by atoms with Gasteiger partial charge >= 0.3 is 6.61 Å². The zero-order valence-corrected chi connectivity index (χ0v) is 12.4. The molecule has 0 spiro atoms. The summed E-state index contributed by atoms with van der Waals surface area (Å²) in [6.45, 7) is -1.24. The number of hydrogen-bond donors (Lipinski definition) is 1. The average molecular weight is 332 g/mol. The first-order valence-electron chi connectivity index (χ1n) is 6.27. The van der Waals surface area contributed by atoms with Gasteiger partial charge in [-0.15, -0.1) is 0 Å². The Morgan fingerprint density at radius 2 is 2.09 bits per heavy atom. The van der Waals surface area contributed by atoms with Gasteiger partial charge in [0.2, 0.25) is 10.0 Å². The van der Waals surface area contributed by atoms with Gasteiger partial charge in [-0.2, -0.15) is 13.9 Å². The maximum atomic E-state index is 12.3. The maximum Gasteiger partial charge on any atom is 0.387 e. The van der Waals surface area contributed by atoms with Crippen LogP contribution in [0, 0.1) is 0 Å². The van der Waals surface area contributed by atoms with E-state index >= 15 is 0 Å². The molecule has 0 aliphatic heterocycles. The van der Waals surface area contributed by atoms with E-state index in [1.807, 2.05) is 0 Å². The van der Waals surface area contributed by atoms with E-state index in [2.05, 4.69) is 19.5 Å². The van der Waals surface area contributed by atoms with Gasteiger partial charge in [-0.25, -0.2) is 18.1 Å². The smallest absolute Gasteiger partial charge is 0.387 e. The summed E-state index contributed by atoms with van der Waals surface area (Å²) in [7, 11) is -4.01. The summed E-state index contributed by atoms with van der Waals surface area (Å²) in [5, 5.41) is 3.86. The third-order valence-electron chi connectivity index (χ3n) is 2.64. The highest BCUT2D eigenvalue weighted by Gasteiger charge is 2.23. The second-order valence-corrected chi connectivity index (χ2v) is 6.15. The molecule has 2 rings (SSSR count). The van der Waals surface area contributed by atoms with E-state index in [1.54, 1.807) is 6.92 Å². The van der Waals surface area contributed by atoms with Crippen LogP contribution in [0.15, 0.2) is 41.8 Å². The van der Waals surface area contributed by atoms with Crippen LogP contribution in [0.2, 0.25) is 0 Å². The Bertz CT molecular complexity index is 707. The molecule has 0 saturated carbocycles. The topological polar surface area (TPSA) is 86.1 Å². The fraction of sp³-hybridized carbons (Fsp3) is 0.333. The minimum Gasteiger partial charge on any atom is -0.433 e. The summed E-state index contributed by atoms with van der Waals surface area (Å²) in [6, 6.07) is 4.68. The number of benzene rings is 1. The standard InChI is InChI=1S/C12H14F2N4O3S/c1-9(6-18-8-15-7-16-18)17-22(19,20)11-5-3-2-4-10(11)21-12(13)14/h2-5,7-9,12,17H,6H2,1H3/t9-/m1/s1. The van der Waals surface area contributed by atoms with Crippen LogP contribution in [0.3, 0.4) is 0 Å². The predicted octanol–water partition coefficient (Wildman–Crippen LogP) is 1.25. The molecule has 0 bridgehead atoms. The van der Waals surface area contributed by atoms with E-state index in [0.717, 1.165) is 0 Å². The Morgan fingerprint density at radius 1 is 1.36 bits per heavy atom. The van der Waals surface area contributed by atoms with Crippen molar-refractivity contribution in [2.75, 3.05) is 0 Å². The second-order valence-electron chi connectivity index (χ2n) is 4.47. The molecular weight excluding hydrogens is 318 g/mol. The largest absolute Gasteiger partial charge is 0.433 e. The highest BCUT2D eigenvalue weighted by molar-refractivity contribution is 7.89. The maximum absolute atomic E-state index is 12.3. The number of aromatic nitrogens is 3. The van der Waals surface area contributed by atoms with Crippen molar-refractivity contribution in [3.63, 3.8) is 0 Å². The Morgan fingerprint density at radius 3 is 2.73 bits per heavy atom. The van der Waals surface area contributed by atoms with Crippen LogP contribution >= 0.6 is 0 Å². The molecule has 2 aromatic rings. The van der Waals surface area contributed by atoms with Gasteiger partial charge in [-0.05, 0) is 19.1 Å². The average Bonchev–Trinajstić information content (AvgIpc) is 2.90. The molecule has 0 amide bonds. The summed E-state index contributed by atoms with van der Waals surface area (Å²) in [5.41, 5.74) is 0. The van der Waals surface area contributed by atoms with Gasteiger partial charge in [-0.3, -0.25) is 4.68 Å². The number of hydrogen-bond acceptors (Lipinski definition) is 5. The lowest BCUT2D eigenvalue weighted by Gasteiger charge is -2.16. The highest BCUT2D eigenvalue weighted by atomic mass is 32.2. The lowest BCUT2D eigenvalue weighted by atomic mass is 10.3. The van der Waals surface area contributed by atoms with Crippen molar-refractivity contribution in [2.24, 2.45) is 0 Å². The third-order valence-corrected chi connectivity index (χ3v) is 4.27. The molecule has 120 valence electrons. The molecule has 1 atom stereocenters. The van der Waals surface area contributed by atoms with E-state index in [0.29, 0.717) is 0 Å².